The zero-order valence-corrected chi connectivity index (χ0v) is 9.61. The maximum Gasteiger partial charge on any atom is 0.574 e. The van der Waals surface area contributed by atoms with Crippen molar-refractivity contribution in [2.24, 2.45) is 0 Å². The molecule has 0 aliphatic rings. The van der Waals surface area contributed by atoms with Gasteiger partial charge in [0.1, 0.15) is 5.52 Å². The van der Waals surface area contributed by atoms with Crippen LogP contribution in [0, 0.1) is 5.82 Å². The number of ether oxygens (including phenoxy) is 1. The quantitative estimate of drug-likeness (QED) is 0.460. The van der Waals surface area contributed by atoms with E-state index in [2.05, 4.69) is 19.7 Å². The van der Waals surface area contributed by atoms with Gasteiger partial charge in [-0.15, -0.1) is 13.2 Å². The van der Waals surface area contributed by atoms with E-state index in [1.165, 1.54) is 0 Å². The van der Waals surface area contributed by atoms with Crippen molar-refractivity contribution in [1.82, 2.24) is 15.0 Å². The monoisotopic (exact) mass is 301 g/mol. The summed E-state index contributed by atoms with van der Waals surface area (Å²) < 4.78 is 53.5. The molecule has 10 heteroatoms. The molecule has 96 valence electrons. The lowest BCUT2D eigenvalue weighted by Gasteiger charge is -2.10. The van der Waals surface area contributed by atoms with E-state index in [9.17, 15) is 17.6 Å². The van der Waals surface area contributed by atoms with Crippen LogP contribution in [0.1, 0.15) is 0 Å². The van der Waals surface area contributed by atoms with Crippen molar-refractivity contribution < 1.29 is 22.3 Å². The number of halogens is 6. The Morgan fingerprint density at radius 3 is 2.44 bits per heavy atom. The van der Waals surface area contributed by atoms with Gasteiger partial charge < -0.3 is 4.74 Å². The van der Waals surface area contributed by atoms with Crippen LogP contribution in [-0.2, 0) is 0 Å². The lowest BCUT2D eigenvalue weighted by Crippen LogP contribution is -2.18. The third-order valence-corrected chi connectivity index (χ3v) is 2.22. The van der Waals surface area contributed by atoms with Crippen LogP contribution in [0.2, 0.25) is 10.4 Å². The molecule has 0 aliphatic carbocycles. The van der Waals surface area contributed by atoms with Gasteiger partial charge in [-0.2, -0.15) is 4.98 Å². The van der Waals surface area contributed by atoms with E-state index in [-0.39, 0.29) is 0 Å². The largest absolute Gasteiger partial charge is 0.574 e. The normalized spacial score (nSPS) is 11.9. The molecule has 0 amide bonds. The Morgan fingerprint density at radius 1 is 1.17 bits per heavy atom. The van der Waals surface area contributed by atoms with Crippen molar-refractivity contribution in [2.45, 2.75) is 6.36 Å². The molecule has 0 radical (unpaired) electrons. The van der Waals surface area contributed by atoms with Crippen LogP contribution in [0.4, 0.5) is 17.6 Å². The highest BCUT2D eigenvalue weighted by atomic mass is 35.5. The average Bonchev–Trinajstić information content (AvgIpc) is 2.21. The molecular formula is C8HCl2F4N3O. The van der Waals surface area contributed by atoms with Crippen molar-refractivity contribution in [3.8, 4) is 5.88 Å². The minimum Gasteiger partial charge on any atom is -0.387 e. The van der Waals surface area contributed by atoms with E-state index in [0.29, 0.717) is 0 Å². The molecule has 0 bridgehead atoms. The molecule has 2 rings (SSSR count). The SMILES string of the molecule is Fc1c(Cl)ncc2c(OC(F)(F)F)nc(Cl)nc12. The zero-order chi connectivity index (χ0) is 13.5. The average molecular weight is 302 g/mol. The Labute approximate surface area is 107 Å². The van der Waals surface area contributed by atoms with Crippen molar-refractivity contribution >= 4 is 34.1 Å². The molecule has 0 unspecified atom stereocenters. The van der Waals surface area contributed by atoms with Gasteiger partial charge in [-0.1, -0.05) is 11.6 Å². The molecule has 2 aromatic heterocycles. The Morgan fingerprint density at radius 2 is 1.83 bits per heavy atom. The Bertz CT molecular complexity index is 619. The van der Waals surface area contributed by atoms with Crippen LogP contribution in [0.15, 0.2) is 6.20 Å². The number of nitrogens with zero attached hydrogens (tertiary/aromatic N) is 3. The number of pyridine rings is 1. The number of hydrogen-bond donors (Lipinski definition) is 0. The smallest absolute Gasteiger partial charge is 0.387 e. The minimum atomic E-state index is -5.00. The van der Waals surface area contributed by atoms with E-state index in [1.807, 2.05) is 0 Å². The molecular weight excluding hydrogens is 301 g/mol. The van der Waals surface area contributed by atoms with Crippen molar-refractivity contribution in [3.63, 3.8) is 0 Å². The van der Waals surface area contributed by atoms with Crippen LogP contribution in [-0.4, -0.2) is 21.3 Å². The highest BCUT2D eigenvalue weighted by molar-refractivity contribution is 6.30. The fourth-order valence-electron chi connectivity index (χ4n) is 1.17. The summed E-state index contributed by atoms with van der Waals surface area (Å²) in [4.78, 5) is 10.0. The highest BCUT2D eigenvalue weighted by Gasteiger charge is 2.33. The van der Waals surface area contributed by atoms with Crippen molar-refractivity contribution in [1.29, 1.82) is 0 Å². The first-order valence-electron chi connectivity index (χ1n) is 4.21. The molecule has 18 heavy (non-hydrogen) atoms. The predicted octanol–water partition coefficient (Wildman–Crippen LogP) is 3.37. The summed E-state index contributed by atoms with van der Waals surface area (Å²) in [6, 6.07) is 0. The van der Waals surface area contributed by atoms with Gasteiger partial charge in [-0.3, -0.25) is 0 Å². The zero-order valence-electron chi connectivity index (χ0n) is 8.10. The molecule has 2 aromatic rings. The first-order valence-corrected chi connectivity index (χ1v) is 4.96. The fourth-order valence-corrected chi connectivity index (χ4v) is 1.47. The molecule has 0 atom stereocenters. The van der Waals surface area contributed by atoms with Gasteiger partial charge in [0, 0.05) is 6.20 Å². The molecule has 0 aromatic carbocycles. The molecule has 2 heterocycles. The van der Waals surface area contributed by atoms with Crippen LogP contribution in [0.25, 0.3) is 10.9 Å². The van der Waals surface area contributed by atoms with Gasteiger partial charge in [-0.05, 0) is 11.6 Å². The molecule has 0 saturated carbocycles. The van der Waals surface area contributed by atoms with E-state index in [1.54, 1.807) is 0 Å². The van der Waals surface area contributed by atoms with Crippen molar-refractivity contribution in [3.05, 3.63) is 22.5 Å². The molecule has 0 N–H and O–H groups in total. The summed E-state index contributed by atoms with van der Waals surface area (Å²) in [6.07, 6.45) is -4.14. The Kier molecular flexibility index (Phi) is 3.16. The molecule has 0 spiro atoms. The van der Waals surface area contributed by atoms with E-state index < -0.39 is 39.4 Å². The van der Waals surface area contributed by atoms with Gasteiger partial charge in [0.15, 0.2) is 11.0 Å². The maximum absolute atomic E-state index is 13.5. The highest BCUT2D eigenvalue weighted by Crippen LogP contribution is 2.31. The van der Waals surface area contributed by atoms with Gasteiger partial charge in [0.2, 0.25) is 11.2 Å². The summed E-state index contributed by atoms with van der Waals surface area (Å²) in [6.45, 7) is 0. The third kappa shape index (κ3) is 2.54. The summed E-state index contributed by atoms with van der Waals surface area (Å²) in [5.41, 5.74) is -0.505. The second-order valence-corrected chi connectivity index (χ2v) is 3.67. The second-order valence-electron chi connectivity index (χ2n) is 2.97. The lowest BCUT2D eigenvalue weighted by atomic mass is 10.3. The van der Waals surface area contributed by atoms with Gasteiger partial charge in [0.05, 0.1) is 5.39 Å². The Balaban J connectivity index is 2.71. The van der Waals surface area contributed by atoms with Gasteiger partial charge in [-0.25, -0.2) is 14.4 Å². The minimum absolute atomic E-state index is 0.390. The summed E-state index contributed by atoms with van der Waals surface area (Å²) >= 11 is 10.8. The molecule has 0 saturated heterocycles. The Hall–Kier alpha value is -1.41. The lowest BCUT2D eigenvalue weighted by molar-refractivity contribution is -0.275. The molecule has 4 nitrogen and oxygen atoms in total. The van der Waals surface area contributed by atoms with Gasteiger partial charge in [0.25, 0.3) is 0 Å². The third-order valence-electron chi connectivity index (χ3n) is 1.79. The van der Waals surface area contributed by atoms with Crippen LogP contribution >= 0.6 is 23.2 Å². The molecule has 0 fully saturated rings. The number of aromatic nitrogens is 3. The fraction of sp³-hybridized carbons (Fsp3) is 0.125. The first kappa shape index (κ1) is 13.0. The van der Waals surface area contributed by atoms with Crippen LogP contribution in [0.5, 0.6) is 5.88 Å². The van der Waals surface area contributed by atoms with E-state index in [4.69, 9.17) is 23.2 Å². The number of alkyl halides is 3. The number of hydrogen-bond acceptors (Lipinski definition) is 4. The second kappa shape index (κ2) is 4.36. The van der Waals surface area contributed by atoms with E-state index in [0.717, 1.165) is 6.20 Å². The number of rotatable bonds is 1. The summed E-state index contributed by atoms with van der Waals surface area (Å²) in [5, 5.41) is -1.54. The van der Waals surface area contributed by atoms with Crippen molar-refractivity contribution in [2.75, 3.05) is 0 Å². The molecule has 0 aliphatic heterocycles. The standard InChI is InChI=1S/C8HCl2F4N3O/c9-5-3(11)4-2(1-15-5)6(17-7(10)16-4)18-8(12,13)14/h1H. The van der Waals surface area contributed by atoms with E-state index >= 15 is 0 Å². The van der Waals surface area contributed by atoms with Gasteiger partial charge >= 0.3 is 6.36 Å². The number of fused-ring (bicyclic) bond motifs is 1. The summed E-state index contributed by atoms with van der Waals surface area (Å²) in [7, 11) is 0. The van der Waals surface area contributed by atoms with Crippen LogP contribution in [0.3, 0.4) is 0 Å². The predicted molar refractivity (Wildman–Crippen MR) is 54.0 cm³/mol. The maximum atomic E-state index is 13.5. The summed E-state index contributed by atoms with van der Waals surface area (Å²) in [5.74, 6) is -2.05. The first-order chi connectivity index (χ1) is 8.28. The topological polar surface area (TPSA) is 47.9 Å². The van der Waals surface area contributed by atoms with Crippen LogP contribution < -0.4 is 4.74 Å².